The molecule has 0 N–H and O–H groups in total. The number of Topliss-reactive ketones (excluding diaryl/α,β-unsaturated/α-hetero) is 4. The molecule has 0 saturated heterocycles. The van der Waals surface area contributed by atoms with E-state index in [0.717, 1.165) is 5.56 Å². The molecule has 0 heterocycles. The van der Waals surface area contributed by atoms with E-state index >= 15 is 0 Å². The molecule has 0 saturated carbocycles. The molecule has 1 aromatic carbocycles. The molecule has 4 nitrogen and oxygen atoms in total. The molecule has 25 heavy (non-hydrogen) atoms. The zero-order valence-corrected chi connectivity index (χ0v) is 15.6. The van der Waals surface area contributed by atoms with Crippen LogP contribution in [-0.2, 0) is 25.6 Å². The number of carbonyl (C=O) groups excluding carboxylic acids is 4. The summed E-state index contributed by atoms with van der Waals surface area (Å²) in [7, 11) is 0. The van der Waals surface area contributed by atoms with Gasteiger partial charge in [-0.05, 0) is 53.0 Å². The molecular weight excluding hydrogens is 316 g/mol. The number of hydrogen-bond donors (Lipinski definition) is 0. The van der Waals surface area contributed by atoms with E-state index in [9.17, 15) is 19.2 Å². The molecule has 134 valence electrons. The highest BCUT2D eigenvalue weighted by Crippen LogP contribution is 2.40. The van der Waals surface area contributed by atoms with E-state index in [1.807, 2.05) is 30.3 Å². The zero-order valence-electron chi connectivity index (χ0n) is 15.6. The van der Waals surface area contributed by atoms with Crippen LogP contribution >= 0.6 is 0 Å². The van der Waals surface area contributed by atoms with Gasteiger partial charge in [0.2, 0.25) is 0 Å². The smallest absolute Gasteiger partial charge is 0.147 e. The molecule has 0 aliphatic carbocycles. The molecule has 0 spiro atoms. The van der Waals surface area contributed by atoms with E-state index in [4.69, 9.17) is 0 Å². The Kier molecular flexibility index (Phi) is 6.36. The first-order chi connectivity index (χ1) is 11.5. The van der Waals surface area contributed by atoms with Gasteiger partial charge in [-0.15, -0.1) is 0 Å². The number of benzene rings is 1. The second-order valence-electron chi connectivity index (χ2n) is 6.87. The van der Waals surface area contributed by atoms with Crippen molar-refractivity contribution < 1.29 is 19.2 Å². The summed E-state index contributed by atoms with van der Waals surface area (Å²) in [6.45, 7) is 10.8. The van der Waals surface area contributed by atoms with Crippen molar-refractivity contribution in [1.29, 1.82) is 0 Å². The SMILES string of the molecule is C=C(CC(Cc1ccccc1)(C(C)=O)C(C)=O)C(C)(C(C)=O)C(C)=O. The third-order valence-electron chi connectivity index (χ3n) is 5.33. The van der Waals surface area contributed by atoms with Gasteiger partial charge in [0.15, 0.2) is 0 Å². The van der Waals surface area contributed by atoms with Crippen molar-refractivity contribution in [2.45, 2.75) is 47.5 Å². The fourth-order valence-corrected chi connectivity index (χ4v) is 3.04. The molecule has 1 aromatic rings. The fraction of sp³-hybridized carbons (Fsp3) is 0.429. The maximum atomic E-state index is 12.5. The van der Waals surface area contributed by atoms with Crippen LogP contribution in [0.5, 0.6) is 0 Å². The number of ketones is 4. The van der Waals surface area contributed by atoms with Crippen molar-refractivity contribution in [3.05, 3.63) is 48.0 Å². The van der Waals surface area contributed by atoms with E-state index in [2.05, 4.69) is 6.58 Å². The molecule has 1 rings (SSSR count). The van der Waals surface area contributed by atoms with E-state index in [-0.39, 0.29) is 36.0 Å². The van der Waals surface area contributed by atoms with Crippen molar-refractivity contribution >= 4 is 23.1 Å². The van der Waals surface area contributed by atoms with Crippen LogP contribution in [0.25, 0.3) is 0 Å². The Balaban J connectivity index is 3.37. The predicted molar refractivity (Wildman–Crippen MR) is 97.2 cm³/mol. The van der Waals surface area contributed by atoms with Crippen molar-refractivity contribution in [2.24, 2.45) is 10.8 Å². The molecular formula is C21H26O4. The standard InChI is InChI=1S/C21H26O4/c1-14(20(6,15(2)22)16(3)23)12-21(17(4)24,18(5)25)13-19-10-8-7-9-11-19/h7-11H,1,12-13H2,2-6H3. The highest BCUT2D eigenvalue weighted by atomic mass is 16.2. The molecule has 0 atom stereocenters. The number of carbonyl (C=O) groups is 4. The van der Waals surface area contributed by atoms with Gasteiger partial charge in [-0.2, -0.15) is 0 Å². The summed E-state index contributed by atoms with van der Waals surface area (Å²) in [6, 6.07) is 9.22. The zero-order chi connectivity index (χ0) is 19.4. The van der Waals surface area contributed by atoms with Gasteiger partial charge in [-0.1, -0.05) is 42.5 Å². The maximum absolute atomic E-state index is 12.5. The minimum atomic E-state index is -1.40. The summed E-state index contributed by atoms with van der Waals surface area (Å²) < 4.78 is 0. The van der Waals surface area contributed by atoms with Gasteiger partial charge in [0, 0.05) is 0 Å². The van der Waals surface area contributed by atoms with Crippen LogP contribution in [0.3, 0.4) is 0 Å². The van der Waals surface area contributed by atoms with Crippen LogP contribution in [0.15, 0.2) is 42.5 Å². The Morgan fingerprint density at radius 2 is 1.28 bits per heavy atom. The lowest BCUT2D eigenvalue weighted by Gasteiger charge is -2.35. The summed E-state index contributed by atoms with van der Waals surface area (Å²) in [5, 5.41) is 0. The van der Waals surface area contributed by atoms with E-state index in [1.54, 1.807) is 0 Å². The summed E-state index contributed by atoms with van der Waals surface area (Å²) in [5.74, 6) is -1.27. The second-order valence-corrected chi connectivity index (χ2v) is 6.87. The molecule has 0 radical (unpaired) electrons. The Labute approximate surface area is 149 Å². The van der Waals surface area contributed by atoms with Crippen LogP contribution in [0, 0.1) is 10.8 Å². The van der Waals surface area contributed by atoms with Gasteiger partial charge in [-0.25, -0.2) is 0 Å². The second kappa shape index (κ2) is 7.68. The summed E-state index contributed by atoms with van der Waals surface area (Å²) in [5.41, 5.74) is -1.58. The van der Waals surface area contributed by atoms with Gasteiger partial charge >= 0.3 is 0 Å². The summed E-state index contributed by atoms with van der Waals surface area (Å²) >= 11 is 0. The van der Waals surface area contributed by atoms with Crippen molar-refractivity contribution in [1.82, 2.24) is 0 Å². The molecule has 0 unspecified atom stereocenters. The van der Waals surface area contributed by atoms with Crippen molar-refractivity contribution in [2.75, 3.05) is 0 Å². The van der Waals surface area contributed by atoms with Crippen LogP contribution in [-0.4, -0.2) is 23.1 Å². The molecule has 0 amide bonds. The van der Waals surface area contributed by atoms with E-state index < -0.39 is 10.8 Å². The molecule has 0 bridgehead atoms. The lowest BCUT2D eigenvalue weighted by molar-refractivity contribution is -0.141. The van der Waals surface area contributed by atoms with Crippen LogP contribution < -0.4 is 0 Å². The minimum Gasteiger partial charge on any atom is -0.299 e. The lowest BCUT2D eigenvalue weighted by atomic mass is 9.65. The normalized spacial score (nSPS) is 11.7. The quantitative estimate of drug-likeness (QED) is 0.508. The predicted octanol–water partition coefficient (Wildman–Crippen LogP) is 3.52. The third-order valence-corrected chi connectivity index (χ3v) is 5.33. The molecule has 4 heteroatoms. The number of allylic oxidation sites excluding steroid dienone is 1. The lowest BCUT2D eigenvalue weighted by Crippen LogP contribution is -2.43. The van der Waals surface area contributed by atoms with Crippen molar-refractivity contribution in [3.63, 3.8) is 0 Å². The van der Waals surface area contributed by atoms with Crippen LogP contribution in [0.2, 0.25) is 0 Å². The third kappa shape index (κ3) is 4.01. The van der Waals surface area contributed by atoms with Gasteiger partial charge in [0.25, 0.3) is 0 Å². The maximum Gasteiger partial charge on any atom is 0.147 e. The largest absolute Gasteiger partial charge is 0.299 e. The molecule has 0 aliphatic heterocycles. The average molecular weight is 342 g/mol. The van der Waals surface area contributed by atoms with Gasteiger partial charge in [0.1, 0.15) is 28.5 Å². The fourth-order valence-electron chi connectivity index (χ4n) is 3.04. The first-order valence-corrected chi connectivity index (χ1v) is 8.24. The highest BCUT2D eigenvalue weighted by Gasteiger charge is 2.46. The first kappa shape index (κ1) is 20.7. The monoisotopic (exact) mass is 342 g/mol. The van der Waals surface area contributed by atoms with Crippen LogP contribution in [0.1, 0.15) is 46.6 Å². The van der Waals surface area contributed by atoms with Crippen molar-refractivity contribution in [3.8, 4) is 0 Å². The van der Waals surface area contributed by atoms with Crippen LogP contribution in [0.4, 0.5) is 0 Å². The molecule has 0 aromatic heterocycles. The average Bonchev–Trinajstić information content (AvgIpc) is 2.53. The van der Waals surface area contributed by atoms with E-state index in [0.29, 0.717) is 5.57 Å². The molecule has 0 aliphatic rings. The Bertz CT molecular complexity index is 685. The van der Waals surface area contributed by atoms with Gasteiger partial charge in [-0.3, -0.25) is 19.2 Å². The Morgan fingerprint density at radius 1 is 0.840 bits per heavy atom. The highest BCUT2D eigenvalue weighted by molar-refractivity contribution is 6.09. The summed E-state index contributed by atoms with van der Waals surface area (Å²) in [6.07, 6.45) is 0.186. The molecule has 0 fully saturated rings. The Morgan fingerprint density at radius 3 is 1.64 bits per heavy atom. The number of rotatable bonds is 9. The number of hydrogen-bond acceptors (Lipinski definition) is 4. The van der Waals surface area contributed by atoms with E-state index in [1.165, 1.54) is 34.6 Å². The van der Waals surface area contributed by atoms with Gasteiger partial charge in [0.05, 0.1) is 5.41 Å². The Hall–Kier alpha value is -2.36. The van der Waals surface area contributed by atoms with Gasteiger partial charge < -0.3 is 0 Å². The minimum absolute atomic E-state index is 0.0256. The summed E-state index contributed by atoms with van der Waals surface area (Å²) in [4.78, 5) is 49.1. The topological polar surface area (TPSA) is 68.3 Å². The first-order valence-electron chi connectivity index (χ1n) is 8.24.